The topological polar surface area (TPSA) is 0 Å². The van der Waals surface area contributed by atoms with E-state index in [2.05, 4.69) is 65.3 Å². The van der Waals surface area contributed by atoms with Crippen LogP contribution in [0.15, 0.2) is 0 Å². The van der Waals surface area contributed by atoms with Crippen molar-refractivity contribution >= 4 is 47.8 Å². The average Bonchev–Trinajstić information content (AvgIpc) is 1.81. The van der Waals surface area contributed by atoms with E-state index in [4.69, 9.17) is 0 Å². The van der Waals surface area contributed by atoms with Gasteiger partial charge < -0.3 is 47.8 Å². The zero-order valence-corrected chi connectivity index (χ0v) is 11.0. The molecule has 0 aliphatic rings. The van der Waals surface area contributed by atoms with E-state index in [1.807, 2.05) is 0 Å². The summed E-state index contributed by atoms with van der Waals surface area (Å²) in [4.78, 5) is 0. The van der Waals surface area contributed by atoms with Crippen molar-refractivity contribution < 1.29 is 26.2 Å². The Morgan fingerprint density at radius 2 is 0.571 bits per heavy atom. The minimum Gasteiger partial charge on any atom is -0.323 e. The minimum absolute atomic E-state index is 0. The Kier molecular flexibility index (Phi) is 269. The molecule has 0 nitrogen and oxygen atoms in total. The molecule has 0 N–H and O–H groups in total. The third kappa shape index (κ3) is 61.7. The van der Waals surface area contributed by atoms with Crippen LogP contribution in [0.2, 0.25) is 0 Å². The molecule has 43 valence electrons. The second-order valence-electron chi connectivity index (χ2n) is 0. The molecule has 0 fully saturated rings. The fourth-order valence-electron chi connectivity index (χ4n) is 0. The van der Waals surface area contributed by atoms with Crippen molar-refractivity contribution in [3.05, 3.63) is 17.5 Å². The van der Waals surface area contributed by atoms with Crippen molar-refractivity contribution in [2.75, 3.05) is 0 Å². The molecular weight excluding hydrogens is 367 g/mol. The van der Waals surface area contributed by atoms with Gasteiger partial charge in [0, 0.05) is 0 Å². The first-order chi connectivity index (χ1) is 3.00. The van der Waals surface area contributed by atoms with Crippen molar-refractivity contribution in [3.8, 4) is 0 Å². The van der Waals surface area contributed by atoms with E-state index >= 15 is 0 Å². The van der Waals surface area contributed by atoms with Gasteiger partial charge in [0.2, 0.25) is 0 Å². The number of halogens is 3. The summed E-state index contributed by atoms with van der Waals surface area (Å²) in [6, 6.07) is 0. The molecule has 0 heterocycles. The SMILES string of the molecule is [CH2-]Br.[CH2-]Br.[CH2-]Br.[Zr+3]. The van der Waals surface area contributed by atoms with Crippen LogP contribution < -0.4 is 0 Å². The summed E-state index contributed by atoms with van der Waals surface area (Å²) >= 11 is 8.06. The van der Waals surface area contributed by atoms with Crippen LogP contribution in [0.3, 0.4) is 0 Å². The summed E-state index contributed by atoms with van der Waals surface area (Å²) in [7, 11) is 0. The number of hydrogen-bond donors (Lipinski definition) is 0. The molecular formula is C3H6Br3Zr. The van der Waals surface area contributed by atoms with Crippen LogP contribution in [0.5, 0.6) is 0 Å². The molecule has 0 aromatic carbocycles. The van der Waals surface area contributed by atoms with Crippen molar-refractivity contribution in [2.45, 2.75) is 0 Å². The van der Waals surface area contributed by atoms with Crippen molar-refractivity contribution in [1.29, 1.82) is 0 Å². The van der Waals surface area contributed by atoms with Crippen LogP contribution in [0.25, 0.3) is 0 Å². The van der Waals surface area contributed by atoms with Gasteiger partial charge in [-0.2, -0.15) is 0 Å². The van der Waals surface area contributed by atoms with Crippen molar-refractivity contribution in [2.24, 2.45) is 0 Å². The van der Waals surface area contributed by atoms with Crippen LogP contribution in [-0.2, 0) is 26.2 Å². The van der Waals surface area contributed by atoms with Gasteiger partial charge in [-0.1, -0.05) is 0 Å². The summed E-state index contributed by atoms with van der Waals surface area (Å²) in [5.41, 5.74) is 0. The first kappa shape index (κ1) is 22.8. The van der Waals surface area contributed by atoms with Crippen LogP contribution >= 0.6 is 47.8 Å². The molecule has 4 heteroatoms. The van der Waals surface area contributed by atoms with Gasteiger partial charge in [0.1, 0.15) is 0 Å². The Bertz CT molecular complexity index is 10.1. The van der Waals surface area contributed by atoms with E-state index in [9.17, 15) is 0 Å². The van der Waals surface area contributed by atoms with E-state index in [0.717, 1.165) is 0 Å². The molecule has 0 saturated carbocycles. The largest absolute Gasteiger partial charge is 3.00 e. The summed E-state index contributed by atoms with van der Waals surface area (Å²) < 4.78 is 0. The van der Waals surface area contributed by atoms with Crippen LogP contribution in [0, 0.1) is 17.5 Å². The smallest absolute Gasteiger partial charge is 0.323 e. The Hall–Kier alpha value is 2.32. The third-order valence-corrected chi connectivity index (χ3v) is 0. The molecule has 0 unspecified atom stereocenters. The Morgan fingerprint density at radius 1 is 0.571 bits per heavy atom. The Labute approximate surface area is 90.3 Å². The summed E-state index contributed by atoms with van der Waals surface area (Å²) in [6.07, 6.45) is 0. The zero-order valence-electron chi connectivity index (χ0n) is 3.76. The minimum atomic E-state index is 0. The van der Waals surface area contributed by atoms with Gasteiger partial charge in [-0.3, -0.25) is 17.5 Å². The molecule has 0 aromatic heterocycles. The van der Waals surface area contributed by atoms with Crippen LogP contribution in [-0.4, -0.2) is 0 Å². The number of rotatable bonds is 0. The molecule has 0 bridgehead atoms. The Balaban J connectivity index is -0.00000000900. The fourth-order valence-corrected chi connectivity index (χ4v) is 0. The van der Waals surface area contributed by atoms with Crippen molar-refractivity contribution in [1.82, 2.24) is 0 Å². The van der Waals surface area contributed by atoms with Gasteiger partial charge in [0.15, 0.2) is 0 Å². The average molecular weight is 373 g/mol. The molecule has 0 rings (SSSR count). The van der Waals surface area contributed by atoms with Gasteiger partial charge in [0.25, 0.3) is 0 Å². The molecule has 0 saturated heterocycles. The third-order valence-electron chi connectivity index (χ3n) is 0. The maximum absolute atomic E-state index is 3.06. The predicted octanol–water partition coefficient (Wildman–Crippen LogP) is 3.52. The summed E-state index contributed by atoms with van der Waals surface area (Å²) in [5.74, 6) is 9.19. The van der Waals surface area contributed by atoms with E-state index in [1.54, 1.807) is 0 Å². The molecule has 0 aliphatic heterocycles. The molecule has 0 spiro atoms. The van der Waals surface area contributed by atoms with Crippen molar-refractivity contribution in [3.63, 3.8) is 0 Å². The first-order valence-corrected chi connectivity index (χ1v) is 4.17. The number of hydrogen-bond acceptors (Lipinski definition) is 0. The standard InChI is InChI=1S/3CH2Br.Zr/c3*1-2;/h3*1H2;/q3*-1;+3. The predicted molar refractivity (Wildman–Crippen MR) is 42.9 cm³/mol. The molecule has 1 radical (unpaired) electrons. The summed E-state index contributed by atoms with van der Waals surface area (Å²) in [6.45, 7) is 0. The van der Waals surface area contributed by atoms with Crippen LogP contribution in [0.1, 0.15) is 0 Å². The van der Waals surface area contributed by atoms with Gasteiger partial charge in [-0.25, -0.2) is 0 Å². The maximum atomic E-state index is 3.06. The monoisotopic (exact) mass is 369 g/mol. The Morgan fingerprint density at radius 3 is 0.571 bits per heavy atom. The molecule has 0 atom stereocenters. The van der Waals surface area contributed by atoms with Gasteiger partial charge in [-0.05, 0) is 0 Å². The summed E-state index contributed by atoms with van der Waals surface area (Å²) in [5, 5.41) is 0. The second-order valence-corrected chi connectivity index (χ2v) is 0. The second kappa shape index (κ2) is 82.7. The quantitative estimate of drug-likeness (QED) is 0.571. The molecule has 0 aliphatic carbocycles. The van der Waals surface area contributed by atoms with Crippen LogP contribution in [0.4, 0.5) is 0 Å². The van der Waals surface area contributed by atoms with E-state index in [0.29, 0.717) is 0 Å². The van der Waals surface area contributed by atoms with Gasteiger partial charge in [0.05, 0.1) is 0 Å². The molecule has 0 amide bonds. The maximum Gasteiger partial charge on any atom is 3.00 e. The van der Waals surface area contributed by atoms with Gasteiger partial charge >= 0.3 is 26.2 Å². The normalized spacial score (nSPS) is 2.57. The first-order valence-electron chi connectivity index (χ1n) is 0.802. The van der Waals surface area contributed by atoms with E-state index in [1.165, 1.54) is 0 Å². The fraction of sp³-hybridized carbons (Fsp3) is 0. The van der Waals surface area contributed by atoms with Gasteiger partial charge in [-0.15, -0.1) is 0 Å². The van der Waals surface area contributed by atoms with E-state index in [-0.39, 0.29) is 26.2 Å². The zero-order chi connectivity index (χ0) is 6.00. The molecule has 0 aromatic rings. The van der Waals surface area contributed by atoms with E-state index < -0.39 is 0 Å². The molecule has 7 heavy (non-hydrogen) atoms.